The molecule has 2 aromatic rings. The van der Waals surface area contributed by atoms with E-state index in [0.29, 0.717) is 11.1 Å². The zero-order chi connectivity index (χ0) is 28.8. The van der Waals surface area contributed by atoms with Crippen LogP contribution in [0.5, 0.6) is 5.75 Å². The molecule has 0 saturated carbocycles. The zero-order valence-corrected chi connectivity index (χ0v) is 24.1. The minimum absolute atomic E-state index is 0.0962. The Morgan fingerprint density at radius 1 is 0.947 bits per heavy atom. The number of carbonyl (C=O) groups excluding carboxylic acids is 3. The maximum atomic E-state index is 14.4. The minimum atomic E-state index is -1.01. The van der Waals surface area contributed by atoms with Crippen molar-refractivity contribution in [1.82, 2.24) is 15.5 Å². The number of hydrogen-bond acceptors (Lipinski definition) is 5. The molecule has 0 fully saturated rings. The highest BCUT2D eigenvalue weighted by molar-refractivity contribution is 5.93. The molecule has 38 heavy (non-hydrogen) atoms. The van der Waals surface area contributed by atoms with Crippen LogP contribution in [0, 0.1) is 6.92 Å². The van der Waals surface area contributed by atoms with Gasteiger partial charge in [0.2, 0.25) is 11.8 Å². The Morgan fingerprint density at radius 3 is 2.05 bits per heavy atom. The van der Waals surface area contributed by atoms with Crippen molar-refractivity contribution in [1.29, 1.82) is 0 Å². The fourth-order valence-electron chi connectivity index (χ4n) is 4.14. The van der Waals surface area contributed by atoms with Crippen LogP contribution >= 0.6 is 0 Å². The molecule has 0 aromatic heterocycles. The van der Waals surface area contributed by atoms with Gasteiger partial charge >= 0.3 is 6.09 Å². The van der Waals surface area contributed by atoms with E-state index < -0.39 is 35.2 Å². The highest BCUT2D eigenvalue weighted by Crippen LogP contribution is 2.32. The van der Waals surface area contributed by atoms with E-state index in [1.165, 1.54) is 11.0 Å². The van der Waals surface area contributed by atoms with E-state index in [-0.39, 0.29) is 24.1 Å². The molecule has 0 heterocycles. The van der Waals surface area contributed by atoms with E-state index in [1.807, 2.05) is 65.0 Å². The molecular weight excluding hydrogens is 482 g/mol. The van der Waals surface area contributed by atoms with E-state index in [2.05, 4.69) is 10.6 Å². The second-order valence-corrected chi connectivity index (χ2v) is 11.9. The second-order valence-electron chi connectivity index (χ2n) is 11.9. The molecule has 0 aliphatic heterocycles. The van der Waals surface area contributed by atoms with Gasteiger partial charge in [-0.3, -0.25) is 9.59 Å². The van der Waals surface area contributed by atoms with E-state index in [0.717, 1.165) is 5.56 Å². The summed E-state index contributed by atoms with van der Waals surface area (Å²) in [6.45, 7) is 16.2. The first-order chi connectivity index (χ1) is 17.5. The van der Waals surface area contributed by atoms with Gasteiger partial charge in [-0.2, -0.15) is 0 Å². The molecule has 0 saturated heterocycles. The van der Waals surface area contributed by atoms with Crippen LogP contribution in [0.1, 0.15) is 78.1 Å². The molecule has 8 nitrogen and oxygen atoms in total. The first-order valence-corrected chi connectivity index (χ1v) is 13.0. The maximum Gasteiger partial charge on any atom is 0.408 e. The van der Waals surface area contributed by atoms with Crippen LogP contribution in [0.4, 0.5) is 4.79 Å². The van der Waals surface area contributed by atoms with Crippen molar-refractivity contribution in [3.05, 3.63) is 65.2 Å². The van der Waals surface area contributed by atoms with Crippen LogP contribution in [0.15, 0.2) is 48.5 Å². The number of aryl methyl sites for hydroxylation is 1. The SMILES string of the molecule is Cc1cc(C(C(=O)NC(C)C)N(C(=O)C(Cc2ccccc2)NC(=O)OC(C)(C)C)C(C)(C)C)ccc1O. The lowest BCUT2D eigenvalue weighted by atomic mass is 9.93. The summed E-state index contributed by atoms with van der Waals surface area (Å²) in [6, 6.07) is 12.1. The Morgan fingerprint density at radius 2 is 1.55 bits per heavy atom. The summed E-state index contributed by atoms with van der Waals surface area (Å²) in [7, 11) is 0. The standard InChI is InChI=1S/C30H43N3O5/c1-19(2)31-26(35)25(22-15-16-24(34)20(3)17-22)33(29(4,5)6)27(36)23(18-21-13-11-10-12-14-21)32-28(37)38-30(7,8)9/h10-17,19,23,25,34H,18H2,1-9H3,(H,31,35)(H,32,37). The quantitative estimate of drug-likeness (QED) is 0.448. The van der Waals surface area contributed by atoms with Crippen molar-refractivity contribution in [2.75, 3.05) is 0 Å². The molecule has 2 atom stereocenters. The van der Waals surface area contributed by atoms with Crippen molar-refractivity contribution < 1.29 is 24.2 Å². The Hall–Kier alpha value is -3.55. The van der Waals surface area contributed by atoms with Gasteiger partial charge in [-0.25, -0.2) is 4.79 Å². The average molecular weight is 526 g/mol. The lowest BCUT2D eigenvalue weighted by Crippen LogP contribution is -2.59. The van der Waals surface area contributed by atoms with E-state index >= 15 is 0 Å². The van der Waals surface area contributed by atoms with Gasteiger partial charge in [0.05, 0.1) is 0 Å². The van der Waals surface area contributed by atoms with Crippen molar-refractivity contribution in [2.45, 2.75) is 98.0 Å². The van der Waals surface area contributed by atoms with Gasteiger partial charge in [0.25, 0.3) is 0 Å². The van der Waals surface area contributed by atoms with Gasteiger partial charge < -0.3 is 25.4 Å². The molecule has 2 unspecified atom stereocenters. The third-order valence-electron chi connectivity index (χ3n) is 5.71. The van der Waals surface area contributed by atoms with Crippen LogP contribution in [-0.4, -0.2) is 51.1 Å². The van der Waals surface area contributed by atoms with Crippen LogP contribution < -0.4 is 10.6 Å². The molecule has 0 bridgehead atoms. The summed E-state index contributed by atoms with van der Waals surface area (Å²) in [6.07, 6.45) is -0.511. The van der Waals surface area contributed by atoms with Gasteiger partial charge in [0.1, 0.15) is 23.4 Å². The molecule has 208 valence electrons. The van der Waals surface area contributed by atoms with Gasteiger partial charge in [0.15, 0.2) is 0 Å². The Balaban J connectivity index is 2.63. The maximum absolute atomic E-state index is 14.4. The fourth-order valence-corrected chi connectivity index (χ4v) is 4.14. The summed E-state index contributed by atoms with van der Waals surface area (Å²) in [5.41, 5.74) is 0.417. The van der Waals surface area contributed by atoms with Crippen molar-refractivity contribution in [3.63, 3.8) is 0 Å². The highest BCUT2D eigenvalue weighted by atomic mass is 16.6. The molecule has 0 radical (unpaired) electrons. The average Bonchev–Trinajstić information content (AvgIpc) is 2.76. The molecule has 2 aromatic carbocycles. The number of aromatic hydroxyl groups is 1. The van der Waals surface area contributed by atoms with E-state index in [9.17, 15) is 19.5 Å². The number of benzene rings is 2. The molecule has 0 spiro atoms. The summed E-state index contributed by atoms with van der Waals surface area (Å²) in [5.74, 6) is -0.690. The topological polar surface area (TPSA) is 108 Å². The number of phenolic OH excluding ortho intramolecular Hbond substituents is 1. The molecule has 3 amide bonds. The third-order valence-corrected chi connectivity index (χ3v) is 5.71. The summed E-state index contributed by atoms with van der Waals surface area (Å²) in [4.78, 5) is 42.4. The Bertz CT molecular complexity index is 1120. The number of rotatable bonds is 8. The predicted octanol–water partition coefficient (Wildman–Crippen LogP) is 5.03. The molecule has 0 aliphatic carbocycles. The van der Waals surface area contributed by atoms with E-state index in [4.69, 9.17) is 4.74 Å². The first kappa shape index (κ1) is 30.7. The van der Waals surface area contributed by atoms with Crippen LogP contribution in [0.25, 0.3) is 0 Å². The number of nitrogens with one attached hydrogen (secondary N) is 2. The Kier molecular flexibility index (Phi) is 9.95. The Labute approximate surface area is 226 Å². The summed E-state index contributed by atoms with van der Waals surface area (Å²) < 4.78 is 5.47. The monoisotopic (exact) mass is 525 g/mol. The smallest absolute Gasteiger partial charge is 0.408 e. The largest absolute Gasteiger partial charge is 0.508 e. The lowest BCUT2D eigenvalue weighted by molar-refractivity contribution is -0.148. The number of carbonyl (C=O) groups is 3. The molecule has 8 heteroatoms. The first-order valence-electron chi connectivity index (χ1n) is 13.0. The number of hydrogen-bond donors (Lipinski definition) is 3. The second kappa shape index (κ2) is 12.3. The van der Waals surface area contributed by atoms with Gasteiger partial charge in [-0.1, -0.05) is 36.4 Å². The third kappa shape index (κ3) is 8.78. The van der Waals surface area contributed by atoms with Crippen LogP contribution in [-0.2, 0) is 20.7 Å². The number of nitrogens with zero attached hydrogens (tertiary/aromatic N) is 1. The van der Waals surface area contributed by atoms with Crippen LogP contribution in [0.3, 0.4) is 0 Å². The minimum Gasteiger partial charge on any atom is -0.508 e. The number of phenols is 1. The molecule has 2 rings (SSSR count). The van der Waals surface area contributed by atoms with Crippen LogP contribution in [0.2, 0.25) is 0 Å². The van der Waals surface area contributed by atoms with E-state index in [1.54, 1.807) is 39.8 Å². The molecule has 0 aliphatic rings. The van der Waals surface area contributed by atoms with Gasteiger partial charge in [-0.15, -0.1) is 0 Å². The summed E-state index contributed by atoms with van der Waals surface area (Å²) >= 11 is 0. The molecule has 3 N–H and O–H groups in total. The lowest BCUT2D eigenvalue weighted by Gasteiger charge is -2.43. The van der Waals surface area contributed by atoms with Crippen molar-refractivity contribution >= 4 is 17.9 Å². The number of alkyl carbamates (subject to hydrolysis) is 1. The summed E-state index contributed by atoms with van der Waals surface area (Å²) in [5, 5.41) is 15.8. The zero-order valence-electron chi connectivity index (χ0n) is 24.1. The predicted molar refractivity (Wildman–Crippen MR) is 149 cm³/mol. The normalized spacial score (nSPS) is 13.4. The number of amides is 3. The fraction of sp³-hybridized carbons (Fsp3) is 0.500. The number of ether oxygens (including phenoxy) is 1. The van der Waals surface area contributed by atoms with Gasteiger partial charge in [-0.05, 0) is 91.1 Å². The van der Waals surface area contributed by atoms with Crippen molar-refractivity contribution in [3.8, 4) is 5.75 Å². The highest BCUT2D eigenvalue weighted by Gasteiger charge is 2.42. The van der Waals surface area contributed by atoms with Gasteiger partial charge in [0, 0.05) is 18.0 Å². The molecular formula is C30H43N3O5. The van der Waals surface area contributed by atoms with Crippen molar-refractivity contribution in [2.24, 2.45) is 0 Å².